The van der Waals surface area contributed by atoms with E-state index in [1.54, 1.807) is 68.6 Å². The third kappa shape index (κ3) is 11.4. The molecule has 20 heteroatoms. The number of nitrogens with zero attached hydrogens (tertiary/aromatic N) is 10. The van der Waals surface area contributed by atoms with Crippen molar-refractivity contribution in [1.82, 2.24) is 39.8 Å². The molecule has 0 saturated heterocycles. The van der Waals surface area contributed by atoms with Crippen molar-refractivity contribution in [1.29, 1.82) is 0 Å². The Morgan fingerprint density at radius 2 is 1.04 bits per heavy atom. The molecule has 1 N–H and O–H groups in total. The van der Waals surface area contributed by atoms with Crippen LogP contribution in [0.2, 0.25) is 0 Å². The molecule has 2 amide bonds. The van der Waals surface area contributed by atoms with E-state index in [1.807, 2.05) is 88.4 Å². The number of ether oxygens (including phenoxy) is 1. The van der Waals surface area contributed by atoms with Crippen LogP contribution in [-0.2, 0) is 53.3 Å². The summed E-state index contributed by atoms with van der Waals surface area (Å²) in [6, 6.07) is 32.3. The van der Waals surface area contributed by atoms with Crippen LogP contribution in [0.1, 0.15) is 129 Å². The van der Waals surface area contributed by atoms with Gasteiger partial charge in [0, 0.05) is 85.5 Å². The summed E-state index contributed by atoms with van der Waals surface area (Å²) in [6.07, 6.45) is 0.471. The van der Waals surface area contributed by atoms with E-state index in [2.05, 4.69) is 20.6 Å². The van der Waals surface area contributed by atoms with E-state index in [0.29, 0.717) is 89.0 Å². The number of nitro groups is 2. The number of aromatic nitrogens is 6. The third-order valence-electron chi connectivity index (χ3n) is 14.9. The minimum absolute atomic E-state index is 0. The van der Waals surface area contributed by atoms with Gasteiger partial charge in [-0.05, 0) is 128 Å². The number of aliphatic carboxylic acids is 1. The molecule has 4 heterocycles. The normalized spacial score (nSPS) is 13.5. The average molecular weight is 1070 g/mol. The van der Waals surface area contributed by atoms with Gasteiger partial charge >= 0.3 is 11.9 Å². The number of benzene rings is 6. The molecule has 6 aromatic carbocycles. The first kappa shape index (κ1) is 56.0. The zero-order chi connectivity index (χ0) is 55.4. The topological polar surface area (TPSA) is 252 Å². The van der Waals surface area contributed by atoms with Crippen molar-refractivity contribution in [2.75, 3.05) is 19.7 Å². The number of amides is 2. The highest BCUT2D eigenvalue weighted by molar-refractivity contribution is 5.95. The van der Waals surface area contributed by atoms with Gasteiger partial charge in [0.25, 0.3) is 23.2 Å². The summed E-state index contributed by atoms with van der Waals surface area (Å²) in [7, 11) is 0. The molecule has 0 bridgehead atoms. The first-order valence-electron chi connectivity index (χ1n) is 25.9. The molecule has 2 aromatic heterocycles. The summed E-state index contributed by atoms with van der Waals surface area (Å²) in [5.41, 5.74) is 11.1. The Morgan fingerprint density at radius 1 is 0.620 bits per heavy atom. The Balaban J connectivity index is 0.000000206. The van der Waals surface area contributed by atoms with Gasteiger partial charge in [-0.25, -0.2) is 9.36 Å². The lowest BCUT2D eigenvalue weighted by molar-refractivity contribution is -0.385. The van der Waals surface area contributed by atoms with Gasteiger partial charge in [-0.15, -0.1) is 10.2 Å². The van der Waals surface area contributed by atoms with Crippen molar-refractivity contribution in [3.8, 4) is 0 Å². The molecule has 79 heavy (non-hydrogen) atoms. The number of carbonyl (C=O) groups is 4. The van der Waals surface area contributed by atoms with Crippen molar-refractivity contribution >= 4 is 57.2 Å². The lowest BCUT2D eigenvalue weighted by Crippen LogP contribution is -2.36. The molecule has 8 aromatic rings. The van der Waals surface area contributed by atoms with Gasteiger partial charge in [0.1, 0.15) is 11.0 Å². The average Bonchev–Trinajstić information content (AvgIpc) is 4.13. The zero-order valence-corrected chi connectivity index (χ0v) is 43.9. The van der Waals surface area contributed by atoms with Crippen LogP contribution in [0.15, 0.2) is 109 Å². The predicted molar refractivity (Wildman–Crippen MR) is 296 cm³/mol. The number of carboxylic acids is 1. The fourth-order valence-electron chi connectivity index (χ4n) is 11.0. The minimum atomic E-state index is -1.02. The number of hydrogen-bond donors (Lipinski definition) is 1. The van der Waals surface area contributed by atoms with E-state index in [9.17, 15) is 44.5 Å². The maximum atomic E-state index is 13.2. The molecule has 0 spiro atoms. The molecule has 2 aliphatic rings. The number of nitro benzene ring substituents is 2. The first-order chi connectivity index (χ1) is 37.6. The van der Waals surface area contributed by atoms with Crippen molar-refractivity contribution in [2.24, 2.45) is 0 Å². The Bertz CT molecular complexity index is 3630. The monoisotopic (exact) mass is 1070 g/mol. The number of hydrogen-bond acceptors (Lipinski definition) is 13. The lowest BCUT2D eigenvalue weighted by Gasteiger charge is -2.30. The van der Waals surface area contributed by atoms with Gasteiger partial charge in [0.05, 0.1) is 40.3 Å². The Hall–Kier alpha value is -9.20. The van der Waals surface area contributed by atoms with Gasteiger partial charge in [0.2, 0.25) is 0 Å². The number of aryl methyl sites for hydroxylation is 4. The van der Waals surface area contributed by atoms with E-state index in [0.717, 1.165) is 38.8 Å². The van der Waals surface area contributed by atoms with Crippen LogP contribution in [0.3, 0.4) is 0 Å². The predicted octanol–water partition coefficient (Wildman–Crippen LogP) is 10.1. The van der Waals surface area contributed by atoms with Crippen molar-refractivity contribution in [3.63, 3.8) is 0 Å². The van der Waals surface area contributed by atoms with Crippen LogP contribution in [-0.4, -0.2) is 98.2 Å². The largest absolute Gasteiger partial charge is 0.481 e. The van der Waals surface area contributed by atoms with Crippen LogP contribution in [0.5, 0.6) is 0 Å². The van der Waals surface area contributed by atoms with Crippen molar-refractivity contribution in [3.05, 3.63) is 196 Å². The van der Waals surface area contributed by atoms with Gasteiger partial charge < -0.3 is 19.6 Å². The molecular formula is C59H62N10O10. The molecule has 0 saturated carbocycles. The van der Waals surface area contributed by atoms with E-state index in [1.165, 1.54) is 6.07 Å². The van der Waals surface area contributed by atoms with Crippen molar-refractivity contribution in [2.45, 2.75) is 106 Å². The van der Waals surface area contributed by atoms with Crippen LogP contribution < -0.4 is 0 Å². The standard InChI is InChI=1S/C30H31N5O5.C28H27N5O5.CH4/c1-4-34-26-12-11-23(19(3)29(26)31-32-34)25(17-28(36)40-5-2)21-15-22-18-33(30(37)20-9-7-6-8-10-20)14-13-24(22)27(16-21)35(38)39;1-3-32-24-10-9-21(17(2)27(24)29-30-32)23(15-26(34)35)19-13-20-16-31(28(36)18-7-5-4-6-8-18)12-11-22(20)25(14-19)33(37)38;/h6-12,15-16,25H,4-5,13-14,17-18H2,1-3H3;4-10,13-14,23H,3,11-12,15-16H2,1-2H3,(H,34,35);1H4. The first-order valence-corrected chi connectivity index (χ1v) is 25.9. The Kier molecular flexibility index (Phi) is 17.0. The highest BCUT2D eigenvalue weighted by atomic mass is 16.6. The van der Waals surface area contributed by atoms with Crippen LogP contribution in [0.25, 0.3) is 22.1 Å². The fraction of sp³-hybridized carbons (Fsp3) is 0.322. The zero-order valence-electron chi connectivity index (χ0n) is 43.9. The molecule has 20 nitrogen and oxygen atoms in total. The summed E-state index contributed by atoms with van der Waals surface area (Å²) in [5, 5.41) is 51.2. The fourth-order valence-corrected chi connectivity index (χ4v) is 11.0. The molecule has 2 aliphatic heterocycles. The molecule has 0 radical (unpaired) electrons. The molecule has 2 unspecified atom stereocenters. The number of carboxylic acid groups (broad SMARTS) is 1. The summed E-state index contributed by atoms with van der Waals surface area (Å²) >= 11 is 0. The number of fused-ring (bicyclic) bond motifs is 4. The summed E-state index contributed by atoms with van der Waals surface area (Å²) in [4.78, 5) is 78.0. The van der Waals surface area contributed by atoms with E-state index in [-0.39, 0.29) is 68.1 Å². The van der Waals surface area contributed by atoms with Crippen LogP contribution >= 0.6 is 0 Å². The maximum absolute atomic E-state index is 13.2. The number of carbonyl (C=O) groups excluding carboxylic acids is 3. The second-order valence-corrected chi connectivity index (χ2v) is 19.4. The van der Waals surface area contributed by atoms with Gasteiger partial charge in [-0.2, -0.15) is 0 Å². The summed E-state index contributed by atoms with van der Waals surface area (Å²) in [6.45, 7) is 12.2. The highest BCUT2D eigenvalue weighted by Crippen LogP contribution is 2.41. The second kappa shape index (κ2) is 24.0. The van der Waals surface area contributed by atoms with Gasteiger partial charge in [0.15, 0.2) is 0 Å². The van der Waals surface area contributed by atoms with E-state index < -0.39 is 28.7 Å². The molecule has 2 atom stereocenters. The van der Waals surface area contributed by atoms with E-state index >= 15 is 0 Å². The SMILES string of the molecule is C.CCOC(=O)CC(c1cc2c(c([N+](=O)[O-])c1)CCN(C(=O)c1ccccc1)C2)c1ccc2c(nnn2CC)c1C.CCn1nnc2c(C)c(C(CC(=O)O)c3cc4c(c([N+](=O)[O-])c3)CCN(C(=O)c3ccccc3)C4)ccc21. The van der Waals surface area contributed by atoms with E-state index in [4.69, 9.17) is 4.74 Å². The second-order valence-electron chi connectivity index (χ2n) is 19.4. The quantitative estimate of drug-likeness (QED) is 0.0570. The maximum Gasteiger partial charge on any atom is 0.306 e. The Morgan fingerprint density at radius 3 is 1.42 bits per heavy atom. The van der Waals surface area contributed by atoms with Crippen LogP contribution in [0.4, 0.5) is 11.4 Å². The molecule has 0 aliphatic carbocycles. The Labute approximate surface area is 455 Å². The van der Waals surface area contributed by atoms with Gasteiger partial charge in [-0.1, -0.05) is 78.5 Å². The number of esters is 1. The summed E-state index contributed by atoms with van der Waals surface area (Å²) in [5.74, 6) is -2.85. The van der Waals surface area contributed by atoms with Crippen molar-refractivity contribution < 1.29 is 38.9 Å². The lowest BCUT2D eigenvalue weighted by atomic mass is 9.83. The molecule has 0 fully saturated rings. The van der Waals surface area contributed by atoms with Gasteiger partial charge in [-0.3, -0.25) is 39.4 Å². The third-order valence-corrected chi connectivity index (χ3v) is 14.9. The smallest absolute Gasteiger partial charge is 0.306 e. The molecule has 408 valence electrons. The summed E-state index contributed by atoms with van der Waals surface area (Å²) < 4.78 is 8.86. The number of rotatable bonds is 15. The molecule has 10 rings (SSSR count). The minimum Gasteiger partial charge on any atom is -0.481 e. The van der Waals surface area contributed by atoms with Crippen LogP contribution in [0, 0.1) is 34.1 Å². The highest BCUT2D eigenvalue weighted by Gasteiger charge is 2.34. The molecular weight excluding hydrogens is 1010 g/mol.